The summed E-state index contributed by atoms with van der Waals surface area (Å²) in [5.74, 6) is 0.743. The smallest absolute Gasteiger partial charge is 0.255 e. The number of aryl methyl sites for hydroxylation is 1. The van der Waals surface area contributed by atoms with Gasteiger partial charge < -0.3 is 20.4 Å². The number of nitrogens with zero attached hydrogens (tertiary/aromatic N) is 1. The maximum Gasteiger partial charge on any atom is 0.255 e. The van der Waals surface area contributed by atoms with Gasteiger partial charge in [-0.3, -0.25) is 9.59 Å². The third-order valence-corrected chi connectivity index (χ3v) is 5.69. The Kier molecular flexibility index (Phi) is 5.86. The minimum absolute atomic E-state index is 0.000967. The van der Waals surface area contributed by atoms with Crippen molar-refractivity contribution in [3.63, 3.8) is 0 Å². The van der Waals surface area contributed by atoms with Crippen molar-refractivity contribution in [1.82, 2.24) is 9.88 Å². The van der Waals surface area contributed by atoms with Gasteiger partial charge in [-0.05, 0) is 48.6 Å². The van der Waals surface area contributed by atoms with E-state index in [1.165, 1.54) is 5.56 Å². The van der Waals surface area contributed by atoms with Gasteiger partial charge in [0.25, 0.3) is 5.56 Å². The van der Waals surface area contributed by atoms with Crippen LogP contribution in [0, 0.1) is 6.92 Å². The first-order valence-corrected chi connectivity index (χ1v) is 10.4. The Labute approximate surface area is 175 Å². The SMILES string of the molecule is Cc1ccc(C[C@H](N)C(=O)N2CCC(Oc3ccc4c(=O)[nH]ccc4c3)CC2)cc1. The predicted molar refractivity (Wildman–Crippen MR) is 118 cm³/mol. The Morgan fingerprint density at radius 2 is 1.90 bits per heavy atom. The van der Waals surface area contributed by atoms with Gasteiger partial charge in [-0.15, -0.1) is 0 Å². The fourth-order valence-electron chi connectivity index (χ4n) is 3.93. The highest BCUT2D eigenvalue weighted by Crippen LogP contribution is 2.23. The molecule has 1 aromatic heterocycles. The Morgan fingerprint density at radius 1 is 1.17 bits per heavy atom. The van der Waals surface area contributed by atoms with E-state index in [0.29, 0.717) is 24.9 Å². The topological polar surface area (TPSA) is 88.4 Å². The van der Waals surface area contributed by atoms with Gasteiger partial charge in [0, 0.05) is 37.5 Å². The molecule has 1 aliphatic heterocycles. The molecule has 6 heteroatoms. The molecule has 0 aliphatic carbocycles. The standard InChI is InChI=1S/C24H27N3O3/c1-16-2-4-17(5-3-16)14-22(25)24(29)27-12-9-19(10-13-27)30-20-6-7-21-18(15-20)8-11-26-23(21)28/h2-8,11,15,19,22H,9-10,12-14,25H2,1H3,(H,26,28)/t22-/m0/s1. The lowest BCUT2D eigenvalue weighted by molar-refractivity contribution is -0.134. The number of aromatic nitrogens is 1. The van der Waals surface area contributed by atoms with E-state index in [4.69, 9.17) is 10.5 Å². The monoisotopic (exact) mass is 405 g/mol. The Hall–Kier alpha value is -3.12. The van der Waals surface area contributed by atoms with Crippen LogP contribution < -0.4 is 16.0 Å². The number of ether oxygens (including phenoxy) is 1. The van der Waals surface area contributed by atoms with Gasteiger partial charge in [-0.1, -0.05) is 29.8 Å². The third kappa shape index (κ3) is 4.54. The van der Waals surface area contributed by atoms with Crippen molar-refractivity contribution in [3.8, 4) is 5.75 Å². The highest BCUT2D eigenvalue weighted by molar-refractivity contribution is 5.83. The van der Waals surface area contributed by atoms with Crippen molar-refractivity contribution in [2.75, 3.05) is 13.1 Å². The molecule has 4 rings (SSSR count). The summed E-state index contributed by atoms with van der Waals surface area (Å²) >= 11 is 0. The summed E-state index contributed by atoms with van der Waals surface area (Å²) in [5.41, 5.74) is 8.36. The number of rotatable bonds is 5. The number of aromatic amines is 1. The molecule has 0 spiro atoms. The number of fused-ring (bicyclic) bond motifs is 1. The lowest BCUT2D eigenvalue weighted by Crippen LogP contribution is -2.49. The summed E-state index contributed by atoms with van der Waals surface area (Å²) in [6.45, 7) is 3.31. The molecule has 3 N–H and O–H groups in total. The van der Waals surface area contributed by atoms with Gasteiger partial charge in [-0.25, -0.2) is 0 Å². The van der Waals surface area contributed by atoms with E-state index in [-0.39, 0.29) is 17.6 Å². The summed E-state index contributed by atoms with van der Waals surface area (Å²) < 4.78 is 6.12. The molecule has 1 saturated heterocycles. The second-order valence-corrected chi connectivity index (χ2v) is 7.99. The number of carbonyl (C=O) groups is 1. The summed E-state index contributed by atoms with van der Waals surface area (Å²) in [4.78, 5) is 29.1. The Bertz CT molecular complexity index is 1080. The number of carbonyl (C=O) groups excluding carboxylic acids is 1. The van der Waals surface area contributed by atoms with Crippen LogP contribution in [-0.4, -0.2) is 41.0 Å². The van der Waals surface area contributed by atoms with Crippen molar-refractivity contribution in [2.45, 2.75) is 38.3 Å². The molecule has 0 radical (unpaired) electrons. The Morgan fingerprint density at radius 3 is 2.63 bits per heavy atom. The summed E-state index contributed by atoms with van der Waals surface area (Å²) in [6, 6.07) is 15.0. The number of likely N-dealkylation sites (tertiary alicyclic amines) is 1. The molecule has 1 atom stereocenters. The van der Waals surface area contributed by atoms with Gasteiger partial charge in [0.2, 0.25) is 5.91 Å². The molecular formula is C24H27N3O3. The normalized spacial score (nSPS) is 15.9. The summed E-state index contributed by atoms with van der Waals surface area (Å²) in [5, 5.41) is 1.50. The number of hydrogen-bond acceptors (Lipinski definition) is 4. The van der Waals surface area contributed by atoms with Crippen LogP contribution in [0.4, 0.5) is 0 Å². The number of hydrogen-bond donors (Lipinski definition) is 2. The van der Waals surface area contributed by atoms with Crippen LogP contribution in [0.15, 0.2) is 59.5 Å². The molecule has 0 unspecified atom stereocenters. The van der Waals surface area contributed by atoms with Gasteiger partial charge in [0.05, 0.1) is 6.04 Å². The first kappa shape index (κ1) is 20.2. The number of H-pyrrole nitrogens is 1. The van der Waals surface area contributed by atoms with Gasteiger partial charge in [0.1, 0.15) is 11.9 Å². The van der Waals surface area contributed by atoms with Crippen LogP contribution in [0.1, 0.15) is 24.0 Å². The van der Waals surface area contributed by atoms with E-state index >= 15 is 0 Å². The van der Waals surface area contributed by atoms with Crippen molar-refractivity contribution in [1.29, 1.82) is 0 Å². The zero-order valence-corrected chi connectivity index (χ0v) is 17.1. The van der Waals surface area contributed by atoms with E-state index < -0.39 is 6.04 Å². The van der Waals surface area contributed by atoms with Gasteiger partial charge in [0.15, 0.2) is 0 Å². The highest BCUT2D eigenvalue weighted by Gasteiger charge is 2.27. The molecule has 1 fully saturated rings. The maximum absolute atomic E-state index is 12.7. The lowest BCUT2D eigenvalue weighted by Gasteiger charge is -2.33. The number of amides is 1. The largest absolute Gasteiger partial charge is 0.490 e. The van der Waals surface area contributed by atoms with Crippen molar-refractivity contribution in [3.05, 3.63) is 76.2 Å². The fraction of sp³-hybridized carbons (Fsp3) is 0.333. The van der Waals surface area contributed by atoms with Crippen molar-refractivity contribution >= 4 is 16.7 Å². The maximum atomic E-state index is 12.7. The van der Waals surface area contributed by atoms with Gasteiger partial charge >= 0.3 is 0 Å². The van der Waals surface area contributed by atoms with Crippen LogP contribution in [0.2, 0.25) is 0 Å². The number of benzene rings is 2. The average Bonchev–Trinajstić information content (AvgIpc) is 2.75. The molecule has 3 aromatic rings. The van der Waals surface area contributed by atoms with Crippen LogP contribution in [0.25, 0.3) is 10.8 Å². The van der Waals surface area contributed by atoms with Crippen LogP contribution in [0.3, 0.4) is 0 Å². The lowest BCUT2D eigenvalue weighted by atomic mass is 10.0. The minimum atomic E-state index is -0.524. The number of piperidine rings is 1. The molecular weight excluding hydrogens is 378 g/mol. The molecule has 1 amide bonds. The molecule has 30 heavy (non-hydrogen) atoms. The van der Waals surface area contributed by atoms with E-state index in [1.807, 2.05) is 54.3 Å². The fourth-order valence-corrected chi connectivity index (χ4v) is 3.93. The number of pyridine rings is 1. The average molecular weight is 405 g/mol. The number of nitrogens with one attached hydrogen (secondary N) is 1. The van der Waals surface area contributed by atoms with Crippen LogP contribution >= 0.6 is 0 Å². The first-order valence-electron chi connectivity index (χ1n) is 10.4. The van der Waals surface area contributed by atoms with Crippen molar-refractivity contribution < 1.29 is 9.53 Å². The molecule has 156 valence electrons. The second-order valence-electron chi connectivity index (χ2n) is 7.99. The van der Waals surface area contributed by atoms with Crippen LogP contribution in [0.5, 0.6) is 5.75 Å². The third-order valence-electron chi connectivity index (χ3n) is 5.69. The Balaban J connectivity index is 1.31. The summed E-state index contributed by atoms with van der Waals surface area (Å²) in [6.07, 6.45) is 3.75. The van der Waals surface area contributed by atoms with Crippen molar-refractivity contribution in [2.24, 2.45) is 5.73 Å². The van der Waals surface area contributed by atoms with E-state index in [2.05, 4.69) is 4.98 Å². The summed E-state index contributed by atoms with van der Waals surface area (Å²) in [7, 11) is 0. The molecule has 2 heterocycles. The first-order chi connectivity index (χ1) is 14.5. The highest BCUT2D eigenvalue weighted by atomic mass is 16.5. The number of nitrogens with two attached hydrogens (primary N) is 1. The minimum Gasteiger partial charge on any atom is -0.490 e. The molecule has 6 nitrogen and oxygen atoms in total. The van der Waals surface area contributed by atoms with E-state index in [9.17, 15) is 9.59 Å². The second kappa shape index (κ2) is 8.71. The van der Waals surface area contributed by atoms with E-state index in [0.717, 1.165) is 29.5 Å². The molecule has 0 bridgehead atoms. The molecule has 0 saturated carbocycles. The molecule has 2 aromatic carbocycles. The zero-order chi connectivity index (χ0) is 21.1. The quantitative estimate of drug-likeness (QED) is 0.683. The molecule has 1 aliphatic rings. The van der Waals surface area contributed by atoms with Gasteiger partial charge in [-0.2, -0.15) is 0 Å². The van der Waals surface area contributed by atoms with E-state index in [1.54, 1.807) is 12.3 Å². The predicted octanol–water partition coefficient (Wildman–Crippen LogP) is 2.78. The van der Waals surface area contributed by atoms with Crippen LogP contribution in [-0.2, 0) is 11.2 Å². The zero-order valence-electron chi connectivity index (χ0n) is 17.1.